The smallest absolute Gasteiger partial charge is 0.315 e. The van der Waals surface area contributed by atoms with Crippen molar-refractivity contribution in [1.29, 1.82) is 0 Å². The Kier molecular flexibility index (Phi) is 4.07. The second-order valence-corrected chi connectivity index (χ2v) is 5.61. The first-order valence-electron chi connectivity index (χ1n) is 7.98. The molecule has 4 rings (SSSR count). The van der Waals surface area contributed by atoms with E-state index in [4.69, 9.17) is 9.47 Å². The van der Waals surface area contributed by atoms with Gasteiger partial charge in [0.25, 0.3) is 0 Å². The van der Waals surface area contributed by atoms with Gasteiger partial charge in [-0.25, -0.2) is 4.79 Å². The summed E-state index contributed by atoms with van der Waals surface area (Å²) in [5, 5.41) is 13.7. The zero-order valence-electron chi connectivity index (χ0n) is 13.4. The molecule has 3 heterocycles. The number of pyridine rings is 1. The third kappa shape index (κ3) is 3.32. The number of fused-ring (bicyclic) bond motifs is 2. The summed E-state index contributed by atoms with van der Waals surface area (Å²) in [4.78, 5) is 12.0. The molecule has 0 saturated carbocycles. The zero-order valence-corrected chi connectivity index (χ0v) is 13.4. The van der Waals surface area contributed by atoms with E-state index in [2.05, 4.69) is 20.8 Å². The molecule has 3 aromatic rings. The van der Waals surface area contributed by atoms with Crippen molar-refractivity contribution in [2.24, 2.45) is 0 Å². The van der Waals surface area contributed by atoms with Crippen LogP contribution in [0.5, 0.6) is 11.5 Å². The van der Waals surface area contributed by atoms with Gasteiger partial charge in [-0.3, -0.25) is 4.40 Å². The first-order chi connectivity index (χ1) is 12.3. The predicted molar refractivity (Wildman–Crippen MR) is 89.6 cm³/mol. The fraction of sp³-hybridized carbons (Fsp3) is 0.235. The van der Waals surface area contributed by atoms with Crippen molar-refractivity contribution >= 4 is 11.7 Å². The van der Waals surface area contributed by atoms with Crippen LogP contribution in [0.15, 0.2) is 48.7 Å². The highest BCUT2D eigenvalue weighted by atomic mass is 16.6. The van der Waals surface area contributed by atoms with Crippen LogP contribution in [0.4, 0.5) is 4.79 Å². The van der Waals surface area contributed by atoms with Crippen molar-refractivity contribution in [3.05, 3.63) is 54.5 Å². The number of carbonyl (C=O) groups is 1. The lowest BCUT2D eigenvalue weighted by Crippen LogP contribution is -2.44. The summed E-state index contributed by atoms with van der Waals surface area (Å²) in [7, 11) is 0. The minimum atomic E-state index is -0.296. The van der Waals surface area contributed by atoms with Gasteiger partial charge in [-0.1, -0.05) is 18.2 Å². The highest BCUT2D eigenvalue weighted by Crippen LogP contribution is 2.30. The van der Waals surface area contributed by atoms with Gasteiger partial charge in [-0.15, -0.1) is 10.2 Å². The third-order valence-corrected chi connectivity index (χ3v) is 3.85. The van der Waals surface area contributed by atoms with Crippen molar-refractivity contribution in [2.75, 3.05) is 13.2 Å². The van der Waals surface area contributed by atoms with Crippen molar-refractivity contribution in [2.45, 2.75) is 12.6 Å². The van der Waals surface area contributed by atoms with Crippen LogP contribution in [0, 0.1) is 0 Å². The summed E-state index contributed by atoms with van der Waals surface area (Å²) in [6.07, 6.45) is 1.63. The van der Waals surface area contributed by atoms with E-state index in [-0.39, 0.29) is 18.7 Å². The molecule has 1 atom stereocenters. The van der Waals surface area contributed by atoms with Gasteiger partial charge >= 0.3 is 6.03 Å². The SMILES string of the molecule is O=C(NCc1nnc2ccccn12)NC[C@H]1COc2ccccc2O1. The molecule has 0 radical (unpaired) electrons. The Morgan fingerprint density at radius 3 is 2.88 bits per heavy atom. The van der Waals surface area contributed by atoms with Crippen LogP contribution in [0.3, 0.4) is 0 Å². The maximum atomic E-state index is 12.0. The highest BCUT2D eigenvalue weighted by Gasteiger charge is 2.21. The standard InChI is InChI=1S/C17H17N5O3/c23-17(19-10-16-21-20-15-7-3-4-8-22(15)16)18-9-12-11-24-13-5-1-2-6-14(13)25-12/h1-8,12H,9-11H2,(H2,18,19,23)/t12-/m0/s1. The largest absolute Gasteiger partial charge is 0.486 e. The van der Waals surface area contributed by atoms with E-state index < -0.39 is 0 Å². The van der Waals surface area contributed by atoms with Crippen molar-refractivity contribution in [3.63, 3.8) is 0 Å². The van der Waals surface area contributed by atoms with Gasteiger partial charge < -0.3 is 20.1 Å². The summed E-state index contributed by atoms with van der Waals surface area (Å²) in [5.74, 6) is 2.08. The lowest BCUT2D eigenvalue weighted by Gasteiger charge is -2.26. The number of hydrogen-bond acceptors (Lipinski definition) is 5. The molecule has 1 aliphatic rings. The van der Waals surface area contributed by atoms with E-state index in [0.29, 0.717) is 24.7 Å². The third-order valence-electron chi connectivity index (χ3n) is 3.85. The van der Waals surface area contributed by atoms with E-state index in [9.17, 15) is 4.79 Å². The number of amides is 2. The number of rotatable bonds is 4. The number of carbonyl (C=O) groups excluding carboxylic acids is 1. The van der Waals surface area contributed by atoms with Crippen LogP contribution in [0.2, 0.25) is 0 Å². The highest BCUT2D eigenvalue weighted by molar-refractivity contribution is 5.73. The molecule has 2 amide bonds. The second kappa shape index (κ2) is 6.68. The monoisotopic (exact) mass is 339 g/mol. The molecule has 0 aliphatic carbocycles. The van der Waals surface area contributed by atoms with Crippen molar-refractivity contribution < 1.29 is 14.3 Å². The van der Waals surface area contributed by atoms with Gasteiger partial charge in [-0.2, -0.15) is 0 Å². The van der Waals surface area contributed by atoms with Gasteiger partial charge in [0.2, 0.25) is 0 Å². The molecule has 0 saturated heterocycles. The first kappa shape index (κ1) is 15.3. The van der Waals surface area contributed by atoms with E-state index in [1.165, 1.54) is 0 Å². The minimum absolute atomic E-state index is 0.227. The van der Waals surface area contributed by atoms with Gasteiger partial charge in [0, 0.05) is 6.20 Å². The van der Waals surface area contributed by atoms with E-state index in [1.807, 2.05) is 53.1 Å². The molecular formula is C17H17N5O3. The second-order valence-electron chi connectivity index (χ2n) is 5.61. The summed E-state index contributed by atoms with van der Waals surface area (Å²) >= 11 is 0. The summed E-state index contributed by atoms with van der Waals surface area (Å²) in [6, 6.07) is 12.8. The Hall–Kier alpha value is -3.29. The molecule has 1 aromatic carbocycles. The Balaban J connectivity index is 1.27. The topological polar surface area (TPSA) is 89.8 Å². The molecule has 8 nitrogen and oxygen atoms in total. The Bertz CT molecular complexity index is 895. The number of nitrogens with one attached hydrogen (secondary N) is 2. The predicted octanol–water partition coefficient (Wildman–Crippen LogP) is 1.37. The molecule has 128 valence electrons. The lowest BCUT2D eigenvalue weighted by molar-refractivity contribution is 0.0918. The van der Waals surface area contributed by atoms with E-state index >= 15 is 0 Å². The van der Waals surface area contributed by atoms with E-state index in [0.717, 1.165) is 11.4 Å². The maximum absolute atomic E-state index is 12.0. The fourth-order valence-electron chi connectivity index (χ4n) is 2.60. The number of benzene rings is 1. The Labute approximate surface area is 143 Å². The molecule has 1 aliphatic heterocycles. The lowest BCUT2D eigenvalue weighted by atomic mass is 10.2. The van der Waals surface area contributed by atoms with Crippen LogP contribution in [0.25, 0.3) is 5.65 Å². The summed E-state index contributed by atoms with van der Waals surface area (Å²) in [6.45, 7) is 1.02. The Morgan fingerprint density at radius 2 is 1.96 bits per heavy atom. The molecule has 2 N–H and O–H groups in total. The van der Waals surface area contributed by atoms with Crippen LogP contribution >= 0.6 is 0 Å². The quantitative estimate of drug-likeness (QED) is 0.749. The van der Waals surface area contributed by atoms with Crippen molar-refractivity contribution in [3.8, 4) is 11.5 Å². The maximum Gasteiger partial charge on any atom is 0.315 e. The van der Waals surface area contributed by atoms with Crippen LogP contribution in [0.1, 0.15) is 5.82 Å². The van der Waals surface area contributed by atoms with Crippen LogP contribution < -0.4 is 20.1 Å². The first-order valence-corrected chi connectivity index (χ1v) is 7.98. The molecule has 0 fully saturated rings. The molecule has 25 heavy (non-hydrogen) atoms. The van der Waals surface area contributed by atoms with E-state index in [1.54, 1.807) is 0 Å². The summed E-state index contributed by atoms with van der Waals surface area (Å²) in [5.41, 5.74) is 0.742. The molecule has 2 aromatic heterocycles. The van der Waals surface area contributed by atoms with Gasteiger partial charge in [0.15, 0.2) is 29.1 Å². The number of hydrogen-bond donors (Lipinski definition) is 2. The van der Waals surface area contributed by atoms with Gasteiger partial charge in [0.1, 0.15) is 6.61 Å². The zero-order chi connectivity index (χ0) is 17.1. The van der Waals surface area contributed by atoms with Crippen LogP contribution in [-0.4, -0.2) is 39.9 Å². The molecule has 0 bridgehead atoms. The number of para-hydroxylation sites is 2. The molecular weight excluding hydrogens is 322 g/mol. The fourth-order valence-corrected chi connectivity index (χ4v) is 2.60. The van der Waals surface area contributed by atoms with Crippen molar-refractivity contribution in [1.82, 2.24) is 25.2 Å². The normalized spacial score (nSPS) is 15.8. The van der Waals surface area contributed by atoms with Gasteiger partial charge in [0.05, 0.1) is 13.1 Å². The number of ether oxygens (including phenoxy) is 2. The number of nitrogens with zero attached hydrogens (tertiary/aromatic N) is 3. The molecule has 0 unspecified atom stereocenters. The van der Waals surface area contributed by atoms with Gasteiger partial charge in [-0.05, 0) is 24.3 Å². The minimum Gasteiger partial charge on any atom is -0.486 e. The molecule has 0 spiro atoms. The number of aromatic nitrogens is 3. The average molecular weight is 339 g/mol. The molecule has 8 heteroatoms. The summed E-state index contributed by atoms with van der Waals surface area (Å²) < 4.78 is 13.2. The average Bonchev–Trinajstić information content (AvgIpc) is 3.08. The number of urea groups is 1. The Morgan fingerprint density at radius 1 is 1.12 bits per heavy atom. The van der Waals surface area contributed by atoms with Crippen LogP contribution in [-0.2, 0) is 6.54 Å².